The number of ether oxygens (including phenoxy) is 4. The van der Waals surface area contributed by atoms with Crippen molar-refractivity contribution in [3.05, 3.63) is 71.8 Å². The number of hydrogen-bond acceptors (Lipinski definition) is 16. The van der Waals surface area contributed by atoms with Crippen LogP contribution in [-0.2, 0) is 23.7 Å². The van der Waals surface area contributed by atoms with Crippen LogP contribution in [0.25, 0.3) is 21.5 Å². The molecule has 9 N–H and O–H groups in total. The van der Waals surface area contributed by atoms with E-state index in [0.717, 1.165) is 19.1 Å². The van der Waals surface area contributed by atoms with E-state index < -0.39 is 74.9 Å². The minimum atomic E-state index is -1.79. The second-order valence-electron chi connectivity index (χ2n) is 12.0. The van der Waals surface area contributed by atoms with Crippen molar-refractivity contribution in [1.82, 2.24) is 0 Å². The number of carbonyl (C=O) groups excluding carboxylic acids is 1. The van der Waals surface area contributed by atoms with Gasteiger partial charge >= 0.3 is 5.97 Å². The number of aliphatic hydroxyl groups excluding tert-OH is 5. The molecule has 4 aromatic rings. The minimum Gasteiger partial charge on any atom is -0.507 e. The molecule has 0 aliphatic carbocycles. The first kappa shape index (κ1) is 38.3. The number of rotatable bonds is 14. The summed E-state index contributed by atoms with van der Waals surface area (Å²) in [6.45, 7) is -1.22. The van der Waals surface area contributed by atoms with Gasteiger partial charge in [-0.15, -0.1) is 0 Å². The Morgan fingerprint density at radius 2 is 1.31 bits per heavy atom. The number of aliphatic hydroxyl groups is 5. The van der Waals surface area contributed by atoms with Crippen LogP contribution >= 0.6 is 0 Å². The highest BCUT2D eigenvalue weighted by atomic mass is 16.7. The summed E-state index contributed by atoms with van der Waals surface area (Å²) in [7, 11) is 0. The molecule has 16 heteroatoms. The first-order chi connectivity index (χ1) is 24.9. The predicted octanol–water partition coefficient (Wildman–Crippen LogP) is 0.805. The molecule has 0 radical (unpaired) electrons. The molecule has 1 fully saturated rings. The van der Waals surface area contributed by atoms with Gasteiger partial charge in [0.25, 0.3) is 0 Å². The Morgan fingerprint density at radius 3 is 1.81 bits per heavy atom. The van der Waals surface area contributed by atoms with Crippen molar-refractivity contribution >= 4 is 39.9 Å². The van der Waals surface area contributed by atoms with Gasteiger partial charge in [0.05, 0.1) is 26.3 Å². The maximum atomic E-state index is 11.7. The summed E-state index contributed by atoms with van der Waals surface area (Å²) < 4.78 is 22.3. The number of aromatic hydroxyl groups is 4. The van der Waals surface area contributed by atoms with Crippen molar-refractivity contribution in [2.45, 2.75) is 56.1 Å². The molecule has 16 nitrogen and oxygen atoms in total. The molecule has 0 spiro atoms. The smallest absolute Gasteiger partial charge is 0.303 e. The number of fused-ring (bicyclic) bond motifs is 2. The standard InChI is InChI=1S/C36H40N2O14/c1-18(41)49-35-33(47)31(17-40)52-36(34(35)48)51-29(14-37-12-23-19-6-2-4-8-21(19)25(42)10-27(23)44)30(16-39)50-32(46)15-38-13-24-20-7-3-5-9-22(20)26(43)11-28(24)45/h2-13,29-36,39-40,42-48H,14-17H2,1H3/t29-,30+,31-,32-,33-,34+,35-,36-/m0/s1. The van der Waals surface area contributed by atoms with Gasteiger partial charge in [0, 0.05) is 53.4 Å². The van der Waals surface area contributed by atoms with Crippen molar-refractivity contribution < 1.29 is 69.7 Å². The molecule has 5 rings (SSSR count). The fourth-order valence-corrected chi connectivity index (χ4v) is 5.89. The first-order valence-electron chi connectivity index (χ1n) is 16.2. The maximum Gasteiger partial charge on any atom is 0.303 e. The third-order valence-corrected chi connectivity index (χ3v) is 8.43. The van der Waals surface area contributed by atoms with Gasteiger partial charge in [0.15, 0.2) is 18.7 Å². The number of phenols is 4. The van der Waals surface area contributed by atoms with Crippen LogP contribution < -0.4 is 0 Å². The number of phenolic OH excluding ortho intramolecular Hbond substituents is 4. The Morgan fingerprint density at radius 1 is 0.788 bits per heavy atom. The third-order valence-electron chi connectivity index (χ3n) is 8.43. The molecule has 0 amide bonds. The number of benzene rings is 4. The summed E-state index contributed by atoms with van der Waals surface area (Å²) in [6.07, 6.45) is -9.85. The lowest BCUT2D eigenvalue weighted by Gasteiger charge is -2.42. The summed E-state index contributed by atoms with van der Waals surface area (Å²) in [6, 6.07) is 15.8. The van der Waals surface area contributed by atoms with Gasteiger partial charge in [-0.1, -0.05) is 48.5 Å². The lowest BCUT2D eigenvalue weighted by atomic mass is 9.99. The molecule has 278 valence electrons. The van der Waals surface area contributed by atoms with Crippen LogP contribution in [0.5, 0.6) is 23.0 Å². The second kappa shape index (κ2) is 17.1. The normalized spacial score (nSPS) is 22.6. The van der Waals surface area contributed by atoms with Crippen LogP contribution in [0.4, 0.5) is 0 Å². The molecule has 1 heterocycles. The molecule has 0 aromatic heterocycles. The van der Waals surface area contributed by atoms with Gasteiger partial charge in [-0.2, -0.15) is 0 Å². The summed E-state index contributed by atoms with van der Waals surface area (Å²) >= 11 is 0. The lowest BCUT2D eigenvalue weighted by molar-refractivity contribution is -0.322. The molecule has 0 saturated carbocycles. The van der Waals surface area contributed by atoms with Gasteiger partial charge in [-0.3, -0.25) is 14.8 Å². The summed E-state index contributed by atoms with van der Waals surface area (Å²) in [5, 5.41) is 95.9. The van der Waals surface area contributed by atoms with Gasteiger partial charge in [0.1, 0.15) is 53.5 Å². The van der Waals surface area contributed by atoms with Gasteiger partial charge < -0.3 is 64.9 Å². The zero-order chi connectivity index (χ0) is 37.5. The Bertz CT molecular complexity index is 1920. The predicted molar refractivity (Wildman–Crippen MR) is 186 cm³/mol. The van der Waals surface area contributed by atoms with Crippen LogP contribution in [0.1, 0.15) is 18.1 Å². The molecule has 1 saturated heterocycles. The number of hydrogen-bond donors (Lipinski definition) is 9. The van der Waals surface area contributed by atoms with E-state index in [1.165, 1.54) is 12.4 Å². The minimum absolute atomic E-state index is 0.132. The average Bonchev–Trinajstić information content (AvgIpc) is 3.12. The fourth-order valence-electron chi connectivity index (χ4n) is 5.89. The van der Waals surface area contributed by atoms with Crippen molar-refractivity contribution in [2.24, 2.45) is 9.98 Å². The quantitative estimate of drug-likeness (QED) is 0.0495. The Hall–Kier alpha value is -4.91. The van der Waals surface area contributed by atoms with E-state index >= 15 is 0 Å². The van der Waals surface area contributed by atoms with Crippen LogP contribution in [-0.4, -0.2) is 140 Å². The number of esters is 1. The highest BCUT2D eigenvalue weighted by Crippen LogP contribution is 2.35. The number of nitrogens with zero attached hydrogens (tertiary/aromatic N) is 2. The largest absolute Gasteiger partial charge is 0.507 e. The molecule has 8 atom stereocenters. The van der Waals surface area contributed by atoms with Crippen LogP contribution in [0.2, 0.25) is 0 Å². The zero-order valence-electron chi connectivity index (χ0n) is 27.8. The lowest BCUT2D eigenvalue weighted by Crippen LogP contribution is -2.61. The average molecular weight is 725 g/mol. The molecule has 4 aromatic carbocycles. The second-order valence-corrected chi connectivity index (χ2v) is 12.0. The number of carbonyl (C=O) groups is 1. The van der Waals surface area contributed by atoms with E-state index in [0.29, 0.717) is 21.5 Å². The van der Waals surface area contributed by atoms with Crippen molar-refractivity contribution in [3.63, 3.8) is 0 Å². The SMILES string of the molecule is CC(=O)O[C@H]1[C@@H](O)[C@H](CO)O[C@H](O[C@@H](CN=Cc2c(O)cc(O)c3ccccc23)[C@@H](CO)O[C@H](O)CN=Cc2c(O)cc(O)c3ccccc23)[C@@H]1O. The Labute approximate surface area is 296 Å². The number of aliphatic imine (C=N–C) groups is 2. The van der Waals surface area contributed by atoms with Crippen LogP contribution in [0, 0.1) is 0 Å². The van der Waals surface area contributed by atoms with E-state index in [4.69, 9.17) is 18.9 Å². The van der Waals surface area contributed by atoms with Crippen LogP contribution in [0.15, 0.2) is 70.6 Å². The highest BCUT2D eigenvalue weighted by Gasteiger charge is 2.48. The highest BCUT2D eigenvalue weighted by molar-refractivity contribution is 6.05. The molecule has 0 bridgehead atoms. The first-order valence-corrected chi connectivity index (χ1v) is 16.2. The van der Waals surface area contributed by atoms with E-state index in [9.17, 15) is 50.8 Å². The van der Waals surface area contributed by atoms with E-state index in [2.05, 4.69) is 9.98 Å². The van der Waals surface area contributed by atoms with Gasteiger partial charge in [0.2, 0.25) is 0 Å². The molecular weight excluding hydrogens is 684 g/mol. The van der Waals surface area contributed by atoms with Crippen molar-refractivity contribution in [1.29, 1.82) is 0 Å². The van der Waals surface area contributed by atoms with E-state index in [1.807, 2.05) is 0 Å². The summed E-state index contributed by atoms with van der Waals surface area (Å²) in [5.74, 6) is -1.67. The third kappa shape index (κ3) is 8.58. The van der Waals surface area contributed by atoms with Gasteiger partial charge in [-0.05, 0) is 10.8 Å². The topological polar surface area (TPSA) is 261 Å². The summed E-state index contributed by atoms with van der Waals surface area (Å²) in [5.41, 5.74) is 0.506. The Balaban J connectivity index is 1.39. The molecular formula is C36H40N2O14. The summed E-state index contributed by atoms with van der Waals surface area (Å²) in [4.78, 5) is 20.2. The van der Waals surface area contributed by atoms with E-state index in [-0.39, 0.29) is 40.7 Å². The Kier molecular flexibility index (Phi) is 12.6. The monoisotopic (exact) mass is 724 g/mol. The van der Waals surface area contributed by atoms with Crippen molar-refractivity contribution in [3.8, 4) is 23.0 Å². The molecule has 1 aliphatic heterocycles. The van der Waals surface area contributed by atoms with E-state index in [1.54, 1.807) is 48.5 Å². The van der Waals surface area contributed by atoms with Gasteiger partial charge in [-0.25, -0.2) is 0 Å². The molecule has 0 unspecified atom stereocenters. The van der Waals surface area contributed by atoms with Crippen LogP contribution in [0.3, 0.4) is 0 Å². The molecule has 1 aliphatic rings. The van der Waals surface area contributed by atoms with Crippen molar-refractivity contribution in [2.75, 3.05) is 26.3 Å². The fraction of sp³-hybridized carbons (Fsp3) is 0.361. The zero-order valence-corrected chi connectivity index (χ0v) is 27.8. The maximum absolute atomic E-state index is 11.7. The molecule has 52 heavy (non-hydrogen) atoms.